The molecular formula is C18H19N5O3. The van der Waals surface area contributed by atoms with Crippen molar-refractivity contribution >= 4 is 22.3 Å². The van der Waals surface area contributed by atoms with E-state index in [-0.39, 0.29) is 16.7 Å². The third-order valence-corrected chi connectivity index (χ3v) is 4.55. The van der Waals surface area contributed by atoms with Crippen molar-refractivity contribution in [1.29, 1.82) is 0 Å². The van der Waals surface area contributed by atoms with Crippen LogP contribution >= 0.6 is 0 Å². The van der Waals surface area contributed by atoms with Crippen molar-refractivity contribution in [2.45, 2.75) is 19.6 Å². The fraction of sp³-hybridized carbons (Fsp3) is 0.333. The number of aromatic nitrogens is 3. The molecule has 2 aromatic heterocycles. The Hall–Kier alpha value is -3.00. The van der Waals surface area contributed by atoms with Gasteiger partial charge in [-0.1, -0.05) is 0 Å². The van der Waals surface area contributed by atoms with Gasteiger partial charge in [-0.15, -0.1) is 0 Å². The van der Waals surface area contributed by atoms with E-state index in [1.807, 2.05) is 24.0 Å². The first-order valence-electron chi connectivity index (χ1n) is 8.49. The van der Waals surface area contributed by atoms with Crippen molar-refractivity contribution in [3.63, 3.8) is 0 Å². The minimum Gasteiger partial charge on any atom is -0.373 e. The largest absolute Gasteiger partial charge is 0.373 e. The number of nitrogens with zero attached hydrogens (tertiary/aromatic N) is 5. The van der Waals surface area contributed by atoms with Gasteiger partial charge in [0.05, 0.1) is 41.4 Å². The summed E-state index contributed by atoms with van der Waals surface area (Å²) in [6.45, 7) is 4.67. The highest BCUT2D eigenvalue weighted by molar-refractivity contribution is 5.97. The summed E-state index contributed by atoms with van der Waals surface area (Å²) in [5.74, 6) is 0. The maximum absolute atomic E-state index is 11.3. The minimum atomic E-state index is -0.365. The van der Waals surface area contributed by atoms with Crippen LogP contribution in [-0.2, 0) is 11.3 Å². The highest BCUT2D eigenvalue weighted by Crippen LogP contribution is 2.32. The Morgan fingerprint density at radius 1 is 1.38 bits per heavy atom. The van der Waals surface area contributed by atoms with Gasteiger partial charge < -0.3 is 9.64 Å². The number of benzene rings is 1. The van der Waals surface area contributed by atoms with Gasteiger partial charge in [0.1, 0.15) is 5.52 Å². The normalized spacial score (nSPS) is 17.6. The molecule has 0 amide bonds. The van der Waals surface area contributed by atoms with Crippen molar-refractivity contribution in [2.24, 2.45) is 0 Å². The highest BCUT2D eigenvalue weighted by Gasteiger charge is 2.25. The molecule has 3 heterocycles. The van der Waals surface area contributed by atoms with Crippen LogP contribution in [0.3, 0.4) is 0 Å². The lowest BCUT2D eigenvalue weighted by atomic mass is 10.1. The number of morpholine rings is 1. The molecule has 1 unspecified atom stereocenters. The lowest BCUT2D eigenvalue weighted by molar-refractivity contribution is -0.383. The van der Waals surface area contributed by atoms with Crippen molar-refractivity contribution in [3.05, 3.63) is 58.5 Å². The molecule has 1 aromatic carbocycles. The second-order valence-corrected chi connectivity index (χ2v) is 6.44. The van der Waals surface area contributed by atoms with E-state index < -0.39 is 0 Å². The van der Waals surface area contributed by atoms with Crippen LogP contribution in [0, 0.1) is 17.0 Å². The molecule has 0 radical (unpaired) electrons. The Morgan fingerprint density at radius 2 is 2.27 bits per heavy atom. The molecule has 3 aromatic rings. The Labute approximate surface area is 150 Å². The van der Waals surface area contributed by atoms with E-state index in [1.165, 1.54) is 0 Å². The Bertz CT molecular complexity index is 955. The van der Waals surface area contributed by atoms with Crippen molar-refractivity contribution < 1.29 is 9.66 Å². The smallest absolute Gasteiger partial charge is 0.278 e. The summed E-state index contributed by atoms with van der Waals surface area (Å²) >= 11 is 0. The van der Waals surface area contributed by atoms with E-state index >= 15 is 0 Å². The summed E-state index contributed by atoms with van der Waals surface area (Å²) in [6, 6.07) is 6.81. The van der Waals surface area contributed by atoms with E-state index in [2.05, 4.69) is 15.0 Å². The van der Waals surface area contributed by atoms with Crippen LogP contribution in [0.15, 0.2) is 42.9 Å². The van der Waals surface area contributed by atoms with Gasteiger partial charge in [0.15, 0.2) is 0 Å². The topological polar surface area (TPSA) is 86.3 Å². The van der Waals surface area contributed by atoms with Gasteiger partial charge in [0.25, 0.3) is 5.69 Å². The van der Waals surface area contributed by atoms with Gasteiger partial charge >= 0.3 is 0 Å². The first kappa shape index (κ1) is 16.5. The van der Waals surface area contributed by atoms with E-state index in [4.69, 9.17) is 4.74 Å². The molecule has 8 heteroatoms. The molecule has 1 aliphatic rings. The van der Waals surface area contributed by atoms with Crippen molar-refractivity contribution in [3.8, 4) is 0 Å². The summed E-state index contributed by atoms with van der Waals surface area (Å²) < 4.78 is 7.77. The van der Waals surface area contributed by atoms with Crippen LogP contribution in [0.4, 0.5) is 11.4 Å². The Kier molecular flexibility index (Phi) is 4.26. The number of anilines is 1. The van der Waals surface area contributed by atoms with E-state index in [0.717, 1.165) is 17.8 Å². The number of pyridine rings is 1. The molecule has 0 spiro atoms. The molecule has 0 N–H and O–H groups in total. The molecule has 8 nitrogen and oxygen atoms in total. The maximum atomic E-state index is 11.3. The van der Waals surface area contributed by atoms with E-state index in [9.17, 15) is 10.1 Å². The first-order chi connectivity index (χ1) is 12.6. The van der Waals surface area contributed by atoms with Crippen LogP contribution in [0.2, 0.25) is 0 Å². The molecule has 1 saturated heterocycles. The number of fused-ring (bicyclic) bond motifs is 1. The minimum absolute atomic E-state index is 0.00277. The molecule has 1 fully saturated rings. The number of hydrogen-bond donors (Lipinski definition) is 0. The molecule has 0 bridgehead atoms. The number of non-ortho nitro benzene ring substituents is 1. The standard InChI is InChI=1S/C18H19N5O3/c1-13-9-20-22(10-13)12-14-11-21(7-8-26-14)17-5-4-16(23(24)25)15-3-2-6-19-18(15)17/h2-6,9-10,14H,7-8,11-12H2,1H3. The zero-order valence-corrected chi connectivity index (χ0v) is 14.4. The molecule has 134 valence electrons. The average molecular weight is 353 g/mol. The maximum Gasteiger partial charge on any atom is 0.278 e. The molecule has 1 atom stereocenters. The number of hydrogen-bond acceptors (Lipinski definition) is 6. The second kappa shape index (κ2) is 6.72. The fourth-order valence-electron chi connectivity index (χ4n) is 3.38. The summed E-state index contributed by atoms with van der Waals surface area (Å²) in [5, 5.41) is 16.2. The van der Waals surface area contributed by atoms with Crippen LogP contribution in [-0.4, -0.2) is 45.5 Å². The van der Waals surface area contributed by atoms with Gasteiger partial charge in [-0.2, -0.15) is 5.10 Å². The number of ether oxygens (including phenoxy) is 1. The Morgan fingerprint density at radius 3 is 3.04 bits per heavy atom. The van der Waals surface area contributed by atoms with Gasteiger partial charge in [-0.25, -0.2) is 0 Å². The predicted octanol–water partition coefficient (Wildman–Crippen LogP) is 2.55. The van der Waals surface area contributed by atoms with Crippen LogP contribution in [0.25, 0.3) is 10.9 Å². The fourth-order valence-corrected chi connectivity index (χ4v) is 3.38. The monoisotopic (exact) mass is 353 g/mol. The van der Waals surface area contributed by atoms with E-state index in [1.54, 1.807) is 30.5 Å². The number of aryl methyl sites for hydroxylation is 1. The molecule has 26 heavy (non-hydrogen) atoms. The van der Waals surface area contributed by atoms with Gasteiger partial charge in [0, 0.05) is 31.5 Å². The van der Waals surface area contributed by atoms with Crippen LogP contribution in [0.1, 0.15) is 5.56 Å². The summed E-state index contributed by atoms with van der Waals surface area (Å²) in [7, 11) is 0. The number of nitro groups is 1. The van der Waals surface area contributed by atoms with Gasteiger partial charge in [-0.3, -0.25) is 19.8 Å². The molecule has 0 saturated carbocycles. The lowest BCUT2D eigenvalue weighted by Crippen LogP contribution is -2.44. The third-order valence-electron chi connectivity index (χ3n) is 4.55. The quantitative estimate of drug-likeness (QED) is 0.529. The molecular weight excluding hydrogens is 334 g/mol. The summed E-state index contributed by atoms with van der Waals surface area (Å²) in [4.78, 5) is 17.5. The summed E-state index contributed by atoms with van der Waals surface area (Å²) in [6.07, 6.45) is 5.48. The predicted molar refractivity (Wildman–Crippen MR) is 97.3 cm³/mol. The lowest BCUT2D eigenvalue weighted by Gasteiger charge is -2.34. The van der Waals surface area contributed by atoms with Crippen molar-refractivity contribution in [2.75, 3.05) is 24.6 Å². The van der Waals surface area contributed by atoms with Gasteiger partial charge in [-0.05, 0) is 30.7 Å². The van der Waals surface area contributed by atoms with Gasteiger partial charge in [0.2, 0.25) is 0 Å². The van der Waals surface area contributed by atoms with Crippen LogP contribution in [0.5, 0.6) is 0 Å². The first-order valence-corrected chi connectivity index (χ1v) is 8.49. The number of nitro benzene ring substituents is 1. The van der Waals surface area contributed by atoms with E-state index in [0.29, 0.717) is 30.6 Å². The average Bonchev–Trinajstić information content (AvgIpc) is 3.05. The van der Waals surface area contributed by atoms with Crippen molar-refractivity contribution in [1.82, 2.24) is 14.8 Å². The zero-order chi connectivity index (χ0) is 18.1. The highest BCUT2D eigenvalue weighted by atomic mass is 16.6. The second-order valence-electron chi connectivity index (χ2n) is 6.44. The SMILES string of the molecule is Cc1cnn(CC2CN(c3ccc([N+](=O)[O-])c4cccnc34)CCO2)c1. The number of rotatable bonds is 4. The van der Waals surface area contributed by atoms with Crippen LogP contribution < -0.4 is 4.90 Å². The molecule has 1 aliphatic heterocycles. The zero-order valence-electron chi connectivity index (χ0n) is 14.4. The molecule has 4 rings (SSSR count). The summed E-state index contributed by atoms with van der Waals surface area (Å²) in [5.41, 5.74) is 2.74. The Balaban J connectivity index is 1.62. The molecule has 0 aliphatic carbocycles. The third kappa shape index (κ3) is 3.11.